The molecule has 2 rings (SSSR count). The number of hydrogen-bond acceptors (Lipinski definition) is 2. The second-order valence-corrected chi connectivity index (χ2v) is 5.57. The molecule has 0 aromatic heterocycles. The third-order valence-electron chi connectivity index (χ3n) is 4.20. The normalized spacial score (nSPS) is 24.1. The van der Waals surface area contributed by atoms with Crippen LogP contribution in [0.3, 0.4) is 0 Å². The van der Waals surface area contributed by atoms with Gasteiger partial charge in [0.15, 0.2) is 0 Å². The van der Waals surface area contributed by atoms with Crippen LogP contribution in [0.2, 0.25) is 0 Å². The van der Waals surface area contributed by atoms with Gasteiger partial charge in [-0.3, -0.25) is 0 Å². The summed E-state index contributed by atoms with van der Waals surface area (Å²) in [5.41, 5.74) is 0. The largest absolute Gasteiger partial charge is 0.396 e. The number of rotatable bonds is 1. The maximum Gasteiger partial charge on any atom is 0.319 e. The van der Waals surface area contributed by atoms with Crippen molar-refractivity contribution in [1.29, 1.82) is 0 Å². The first-order chi connectivity index (χ1) is 8.20. The quantitative estimate of drug-likeness (QED) is 0.755. The van der Waals surface area contributed by atoms with Crippen molar-refractivity contribution in [2.45, 2.75) is 32.6 Å². The minimum Gasteiger partial charge on any atom is -0.396 e. The van der Waals surface area contributed by atoms with Gasteiger partial charge in [0.2, 0.25) is 0 Å². The molecular formula is C13H24N2O2. The van der Waals surface area contributed by atoms with E-state index in [9.17, 15) is 4.79 Å². The van der Waals surface area contributed by atoms with E-state index in [4.69, 9.17) is 5.11 Å². The van der Waals surface area contributed by atoms with E-state index >= 15 is 0 Å². The maximum atomic E-state index is 12.2. The van der Waals surface area contributed by atoms with Crippen LogP contribution in [0.1, 0.15) is 32.6 Å². The summed E-state index contributed by atoms with van der Waals surface area (Å²) in [6.07, 6.45) is 4.18. The molecule has 1 N–H and O–H groups in total. The summed E-state index contributed by atoms with van der Waals surface area (Å²) in [4.78, 5) is 16.2. The standard InChI is InChI=1S/C13H24N2O2/c1-11-2-6-14(7-3-11)13(17)15-8-4-12(10-16)5-9-15/h11-12,16H,2-10H2,1H3. The summed E-state index contributed by atoms with van der Waals surface area (Å²) < 4.78 is 0. The van der Waals surface area contributed by atoms with E-state index in [-0.39, 0.29) is 12.6 Å². The molecule has 0 radical (unpaired) electrons. The average Bonchev–Trinajstić information content (AvgIpc) is 2.39. The molecule has 0 spiro atoms. The molecule has 2 aliphatic rings. The first kappa shape index (κ1) is 12.7. The van der Waals surface area contributed by atoms with Crippen LogP contribution >= 0.6 is 0 Å². The lowest BCUT2D eigenvalue weighted by Crippen LogP contribution is -2.49. The molecule has 2 saturated heterocycles. The Morgan fingerprint density at radius 3 is 2.00 bits per heavy atom. The third kappa shape index (κ3) is 3.12. The molecule has 4 heteroatoms. The SMILES string of the molecule is CC1CCN(C(=O)N2CCC(CO)CC2)CC1. The second kappa shape index (κ2) is 5.71. The van der Waals surface area contributed by atoms with E-state index in [1.807, 2.05) is 9.80 Å². The molecule has 2 amide bonds. The van der Waals surface area contributed by atoms with Gasteiger partial charge in [0.25, 0.3) is 0 Å². The van der Waals surface area contributed by atoms with Crippen molar-refractivity contribution in [3.05, 3.63) is 0 Å². The van der Waals surface area contributed by atoms with Crippen LogP contribution in [0.15, 0.2) is 0 Å². The van der Waals surface area contributed by atoms with E-state index in [1.54, 1.807) is 0 Å². The smallest absolute Gasteiger partial charge is 0.319 e. The molecule has 0 aliphatic carbocycles. The Labute approximate surface area is 104 Å². The molecular weight excluding hydrogens is 216 g/mol. The number of hydrogen-bond donors (Lipinski definition) is 1. The van der Waals surface area contributed by atoms with Gasteiger partial charge in [-0.25, -0.2) is 4.79 Å². The predicted molar refractivity (Wildman–Crippen MR) is 66.7 cm³/mol. The van der Waals surface area contributed by atoms with Crippen molar-refractivity contribution in [2.24, 2.45) is 11.8 Å². The lowest BCUT2D eigenvalue weighted by molar-refractivity contribution is 0.104. The van der Waals surface area contributed by atoms with Gasteiger partial charge < -0.3 is 14.9 Å². The van der Waals surface area contributed by atoms with E-state index in [0.29, 0.717) is 5.92 Å². The number of aliphatic hydroxyl groups is 1. The molecule has 0 atom stereocenters. The Morgan fingerprint density at radius 1 is 1.06 bits per heavy atom. The molecule has 0 unspecified atom stereocenters. The molecule has 2 heterocycles. The summed E-state index contributed by atoms with van der Waals surface area (Å²) in [6, 6.07) is 0.216. The Hall–Kier alpha value is -0.770. The lowest BCUT2D eigenvalue weighted by atomic mass is 9.97. The molecule has 4 nitrogen and oxygen atoms in total. The first-order valence-corrected chi connectivity index (χ1v) is 6.85. The molecule has 2 aliphatic heterocycles. The predicted octanol–water partition coefficient (Wildman–Crippen LogP) is 1.54. The molecule has 0 aromatic rings. The van der Waals surface area contributed by atoms with Gasteiger partial charge in [0, 0.05) is 32.8 Å². The number of urea groups is 1. The third-order valence-corrected chi connectivity index (χ3v) is 4.20. The van der Waals surface area contributed by atoms with Crippen LogP contribution < -0.4 is 0 Å². The van der Waals surface area contributed by atoms with Crippen molar-refractivity contribution >= 4 is 6.03 Å². The fourth-order valence-electron chi connectivity index (χ4n) is 2.71. The molecule has 2 fully saturated rings. The minimum atomic E-state index is 0.216. The summed E-state index contributed by atoms with van der Waals surface area (Å²) in [6.45, 7) is 5.99. The van der Waals surface area contributed by atoms with Gasteiger partial charge in [-0.05, 0) is 37.5 Å². The lowest BCUT2D eigenvalue weighted by Gasteiger charge is -2.37. The van der Waals surface area contributed by atoms with Gasteiger partial charge in [0.05, 0.1) is 0 Å². The van der Waals surface area contributed by atoms with Gasteiger partial charge in [0.1, 0.15) is 0 Å². The molecule has 0 aromatic carbocycles. The zero-order valence-electron chi connectivity index (χ0n) is 10.8. The van der Waals surface area contributed by atoms with Gasteiger partial charge in [-0.1, -0.05) is 6.92 Å². The Morgan fingerprint density at radius 2 is 1.53 bits per heavy atom. The minimum absolute atomic E-state index is 0.216. The number of piperidine rings is 2. The van der Waals surface area contributed by atoms with Crippen LogP contribution in [0.25, 0.3) is 0 Å². The zero-order valence-corrected chi connectivity index (χ0v) is 10.8. The van der Waals surface area contributed by atoms with Crippen molar-refractivity contribution in [3.63, 3.8) is 0 Å². The summed E-state index contributed by atoms with van der Waals surface area (Å²) in [5.74, 6) is 1.17. The second-order valence-electron chi connectivity index (χ2n) is 5.57. The molecule has 0 saturated carbocycles. The van der Waals surface area contributed by atoms with Gasteiger partial charge in [-0.2, -0.15) is 0 Å². The maximum absolute atomic E-state index is 12.2. The van der Waals surface area contributed by atoms with E-state index in [0.717, 1.165) is 57.8 Å². The van der Waals surface area contributed by atoms with E-state index in [1.165, 1.54) is 0 Å². The molecule has 98 valence electrons. The monoisotopic (exact) mass is 240 g/mol. The highest BCUT2D eigenvalue weighted by Gasteiger charge is 2.27. The van der Waals surface area contributed by atoms with Crippen LogP contribution in [-0.2, 0) is 0 Å². The highest BCUT2D eigenvalue weighted by Crippen LogP contribution is 2.21. The van der Waals surface area contributed by atoms with Crippen LogP contribution in [0.4, 0.5) is 4.79 Å². The zero-order chi connectivity index (χ0) is 12.3. The van der Waals surface area contributed by atoms with Crippen LogP contribution in [-0.4, -0.2) is 53.7 Å². The van der Waals surface area contributed by atoms with Crippen molar-refractivity contribution < 1.29 is 9.90 Å². The van der Waals surface area contributed by atoms with E-state index < -0.39 is 0 Å². The Bertz CT molecular complexity index is 254. The highest BCUT2D eigenvalue weighted by atomic mass is 16.3. The number of aliphatic hydroxyl groups excluding tert-OH is 1. The molecule has 0 bridgehead atoms. The number of carbonyl (C=O) groups is 1. The topological polar surface area (TPSA) is 43.8 Å². The van der Waals surface area contributed by atoms with Gasteiger partial charge >= 0.3 is 6.03 Å². The number of carbonyl (C=O) groups excluding carboxylic acids is 1. The summed E-state index contributed by atoms with van der Waals surface area (Å²) in [7, 11) is 0. The fourth-order valence-corrected chi connectivity index (χ4v) is 2.71. The van der Waals surface area contributed by atoms with Crippen molar-refractivity contribution in [1.82, 2.24) is 9.80 Å². The fraction of sp³-hybridized carbons (Fsp3) is 0.923. The Kier molecular flexibility index (Phi) is 4.26. The van der Waals surface area contributed by atoms with Crippen molar-refractivity contribution in [3.8, 4) is 0 Å². The highest BCUT2D eigenvalue weighted by molar-refractivity contribution is 5.74. The number of amides is 2. The molecule has 17 heavy (non-hydrogen) atoms. The summed E-state index contributed by atoms with van der Waals surface area (Å²) >= 11 is 0. The van der Waals surface area contributed by atoms with E-state index in [2.05, 4.69) is 6.92 Å². The Balaban J connectivity index is 1.80. The van der Waals surface area contributed by atoms with Crippen molar-refractivity contribution in [2.75, 3.05) is 32.8 Å². The number of nitrogens with zero attached hydrogens (tertiary/aromatic N) is 2. The first-order valence-electron chi connectivity index (χ1n) is 6.85. The van der Waals surface area contributed by atoms with Gasteiger partial charge in [-0.15, -0.1) is 0 Å². The van der Waals surface area contributed by atoms with Crippen LogP contribution in [0, 0.1) is 11.8 Å². The summed E-state index contributed by atoms with van der Waals surface area (Å²) in [5, 5.41) is 9.08. The van der Waals surface area contributed by atoms with Crippen LogP contribution in [0.5, 0.6) is 0 Å². The average molecular weight is 240 g/mol. The number of likely N-dealkylation sites (tertiary alicyclic amines) is 2.